The van der Waals surface area contributed by atoms with Crippen molar-refractivity contribution < 1.29 is 4.39 Å². The first-order valence-electron chi connectivity index (χ1n) is 8.77. The average molecular weight is 289 g/mol. The second-order valence-electron chi connectivity index (χ2n) is 8.29. The molecule has 3 nitrogen and oxygen atoms in total. The molecule has 6 rings (SSSR count). The van der Waals surface area contributed by atoms with Gasteiger partial charge in [-0.15, -0.1) is 10.2 Å². The van der Waals surface area contributed by atoms with E-state index in [1.54, 1.807) is 0 Å². The SMILES string of the molecule is FC12CC3CC(C1)CC(c1nnc4n1CCCCC4)(C3)C2. The standard InChI is InChI=1S/C17H24FN3/c18-17-9-12-6-13(10-17)8-16(7-12,11-17)15-20-19-14-4-2-1-3-5-21(14)15/h12-13H,1-11H2. The van der Waals surface area contributed by atoms with Crippen molar-refractivity contribution in [2.45, 2.75) is 81.8 Å². The largest absolute Gasteiger partial charge is 0.315 e. The molecule has 21 heavy (non-hydrogen) atoms. The van der Waals surface area contributed by atoms with Crippen molar-refractivity contribution in [2.24, 2.45) is 11.8 Å². The summed E-state index contributed by atoms with van der Waals surface area (Å²) in [5.74, 6) is 3.49. The van der Waals surface area contributed by atoms with Gasteiger partial charge in [-0.1, -0.05) is 6.42 Å². The molecule has 0 saturated heterocycles. The van der Waals surface area contributed by atoms with E-state index in [0.29, 0.717) is 18.3 Å². The van der Waals surface area contributed by atoms with E-state index in [1.165, 1.54) is 25.7 Å². The van der Waals surface area contributed by atoms with E-state index in [1.807, 2.05) is 0 Å². The van der Waals surface area contributed by atoms with Crippen molar-refractivity contribution in [3.8, 4) is 0 Å². The Balaban J connectivity index is 1.59. The third kappa shape index (κ3) is 1.77. The average Bonchev–Trinajstić information content (AvgIpc) is 2.67. The Labute approximate surface area is 125 Å². The Morgan fingerprint density at radius 1 is 1.00 bits per heavy atom. The van der Waals surface area contributed by atoms with Crippen LogP contribution in [0.25, 0.3) is 0 Å². The fraction of sp³-hybridized carbons (Fsp3) is 0.882. The van der Waals surface area contributed by atoms with Crippen LogP contribution in [0.5, 0.6) is 0 Å². The third-order valence-electron chi connectivity index (χ3n) is 6.57. The highest BCUT2D eigenvalue weighted by atomic mass is 19.1. The fourth-order valence-electron chi connectivity index (χ4n) is 6.29. The maximum absolute atomic E-state index is 15.2. The lowest BCUT2D eigenvalue weighted by atomic mass is 9.48. The van der Waals surface area contributed by atoms with Gasteiger partial charge < -0.3 is 4.57 Å². The predicted molar refractivity (Wildman–Crippen MR) is 77.8 cm³/mol. The third-order valence-corrected chi connectivity index (χ3v) is 6.57. The summed E-state index contributed by atoms with van der Waals surface area (Å²) in [4.78, 5) is 0. The normalized spacial score (nSPS) is 44.6. The summed E-state index contributed by atoms with van der Waals surface area (Å²) in [6.45, 7) is 1.05. The summed E-state index contributed by atoms with van der Waals surface area (Å²) < 4.78 is 17.6. The molecule has 0 spiro atoms. The number of halogens is 1. The van der Waals surface area contributed by atoms with Crippen molar-refractivity contribution >= 4 is 0 Å². The van der Waals surface area contributed by atoms with Crippen LogP contribution in [0.3, 0.4) is 0 Å². The zero-order chi connectivity index (χ0) is 14.1. The molecule has 4 fully saturated rings. The topological polar surface area (TPSA) is 30.7 Å². The molecule has 4 aliphatic carbocycles. The molecule has 1 aromatic rings. The number of nitrogens with zero attached hydrogens (tertiary/aromatic N) is 3. The fourth-order valence-corrected chi connectivity index (χ4v) is 6.29. The summed E-state index contributed by atoms with van der Waals surface area (Å²) in [7, 11) is 0. The quantitative estimate of drug-likeness (QED) is 0.791. The molecule has 2 unspecified atom stereocenters. The molecular weight excluding hydrogens is 265 g/mol. The van der Waals surface area contributed by atoms with Crippen LogP contribution in [0, 0.1) is 11.8 Å². The molecule has 5 aliphatic rings. The number of aromatic nitrogens is 3. The first-order valence-corrected chi connectivity index (χ1v) is 8.77. The Morgan fingerprint density at radius 3 is 2.57 bits per heavy atom. The minimum atomic E-state index is -0.902. The van der Waals surface area contributed by atoms with E-state index in [0.717, 1.165) is 50.3 Å². The molecule has 0 aromatic carbocycles. The van der Waals surface area contributed by atoms with Gasteiger partial charge in [0, 0.05) is 18.4 Å². The van der Waals surface area contributed by atoms with Crippen LogP contribution < -0.4 is 0 Å². The number of hydrogen-bond acceptors (Lipinski definition) is 2. The van der Waals surface area contributed by atoms with Gasteiger partial charge in [-0.2, -0.15) is 0 Å². The highest BCUT2D eigenvalue weighted by Gasteiger charge is 2.60. The van der Waals surface area contributed by atoms with Crippen molar-refractivity contribution in [1.29, 1.82) is 0 Å². The molecule has 1 aliphatic heterocycles. The minimum Gasteiger partial charge on any atom is -0.315 e. The van der Waals surface area contributed by atoms with Gasteiger partial charge in [0.1, 0.15) is 17.3 Å². The molecule has 2 heterocycles. The zero-order valence-electron chi connectivity index (χ0n) is 12.7. The lowest BCUT2D eigenvalue weighted by molar-refractivity contribution is -0.0930. The Morgan fingerprint density at radius 2 is 1.81 bits per heavy atom. The summed E-state index contributed by atoms with van der Waals surface area (Å²) in [6.07, 6.45) is 10.7. The van der Waals surface area contributed by atoms with E-state index < -0.39 is 5.67 Å². The summed E-state index contributed by atoms with van der Waals surface area (Å²) >= 11 is 0. The molecule has 4 saturated carbocycles. The number of fused-ring (bicyclic) bond motifs is 1. The Hall–Kier alpha value is -0.930. The van der Waals surface area contributed by atoms with E-state index in [2.05, 4.69) is 14.8 Å². The highest BCUT2D eigenvalue weighted by molar-refractivity contribution is 5.22. The van der Waals surface area contributed by atoms with E-state index in [-0.39, 0.29) is 5.41 Å². The van der Waals surface area contributed by atoms with Crippen LogP contribution in [0.1, 0.15) is 69.4 Å². The first-order chi connectivity index (χ1) is 10.2. The Bertz CT molecular complexity index is 565. The molecular formula is C17H24FN3. The van der Waals surface area contributed by atoms with Gasteiger partial charge in [-0.3, -0.25) is 0 Å². The number of hydrogen-bond donors (Lipinski definition) is 0. The molecule has 4 bridgehead atoms. The summed E-state index contributed by atoms with van der Waals surface area (Å²) in [5, 5.41) is 9.09. The second-order valence-corrected chi connectivity index (χ2v) is 8.29. The van der Waals surface area contributed by atoms with Gasteiger partial charge in [0.15, 0.2) is 0 Å². The smallest absolute Gasteiger partial charge is 0.139 e. The molecule has 114 valence electrons. The van der Waals surface area contributed by atoms with Gasteiger partial charge in [0.25, 0.3) is 0 Å². The van der Waals surface area contributed by atoms with Crippen molar-refractivity contribution in [3.63, 3.8) is 0 Å². The van der Waals surface area contributed by atoms with Gasteiger partial charge in [-0.25, -0.2) is 4.39 Å². The Kier molecular flexibility index (Phi) is 2.45. The minimum absolute atomic E-state index is 0.00836. The van der Waals surface area contributed by atoms with Crippen LogP contribution in [0.15, 0.2) is 0 Å². The first kappa shape index (κ1) is 12.6. The molecule has 2 atom stereocenters. The van der Waals surface area contributed by atoms with Crippen LogP contribution >= 0.6 is 0 Å². The lowest BCUT2D eigenvalue weighted by Gasteiger charge is -2.58. The maximum Gasteiger partial charge on any atom is 0.139 e. The van der Waals surface area contributed by atoms with Gasteiger partial charge >= 0.3 is 0 Å². The second kappa shape index (κ2) is 4.08. The molecule has 0 amide bonds. The monoisotopic (exact) mass is 289 g/mol. The van der Waals surface area contributed by atoms with Crippen molar-refractivity contribution in [3.05, 3.63) is 11.6 Å². The summed E-state index contributed by atoms with van der Waals surface area (Å²) in [6, 6.07) is 0. The maximum atomic E-state index is 15.2. The van der Waals surface area contributed by atoms with Crippen LogP contribution in [-0.2, 0) is 18.4 Å². The van der Waals surface area contributed by atoms with Gasteiger partial charge in [0.05, 0.1) is 0 Å². The van der Waals surface area contributed by atoms with E-state index in [4.69, 9.17) is 0 Å². The highest BCUT2D eigenvalue weighted by Crippen LogP contribution is 2.63. The number of alkyl halides is 1. The lowest BCUT2D eigenvalue weighted by Crippen LogP contribution is -2.56. The van der Waals surface area contributed by atoms with Crippen LogP contribution in [0.4, 0.5) is 4.39 Å². The zero-order valence-corrected chi connectivity index (χ0v) is 12.7. The van der Waals surface area contributed by atoms with Crippen molar-refractivity contribution in [1.82, 2.24) is 14.8 Å². The van der Waals surface area contributed by atoms with Gasteiger partial charge in [0.2, 0.25) is 0 Å². The number of aryl methyl sites for hydroxylation is 1. The number of rotatable bonds is 1. The van der Waals surface area contributed by atoms with Gasteiger partial charge in [-0.05, 0) is 63.2 Å². The van der Waals surface area contributed by atoms with E-state index in [9.17, 15) is 0 Å². The van der Waals surface area contributed by atoms with Crippen LogP contribution in [0.2, 0.25) is 0 Å². The molecule has 1 aromatic heterocycles. The van der Waals surface area contributed by atoms with E-state index >= 15 is 4.39 Å². The molecule has 4 heteroatoms. The van der Waals surface area contributed by atoms with Crippen molar-refractivity contribution in [2.75, 3.05) is 0 Å². The predicted octanol–water partition coefficient (Wildman–Crippen LogP) is 3.56. The molecule has 0 N–H and O–H groups in total. The molecule has 0 radical (unpaired) electrons. The van der Waals surface area contributed by atoms with Crippen LogP contribution in [-0.4, -0.2) is 20.4 Å². The summed E-state index contributed by atoms with van der Waals surface area (Å²) in [5.41, 5.74) is -0.893.